The molecule has 1 aliphatic heterocycles. The molecule has 1 heterocycles. The van der Waals surface area contributed by atoms with Crippen LogP contribution >= 0.6 is 0 Å². The zero-order valence-electron chi connectivity index (χ0n) is 38.2. The number of carboxylic acids is 1. The van der Waals surface area contributed by atoms with Gasteiger partial charge in [0.1, 0.15) is 5.78 Å². The van der Waals surface area contributed by atoms with Gasteiger partial charge in [0.05, 0.1) is 25.0 Å². The average molecular weight is 805 g/mol. The van der Waals surface area contributed by atoms with E-state index in [9.17, 15) is 19.5 Å². The van der Waals surface area contributed by atoms with Crippen LogP contribution in [-0.4, -0.2) is 65.9 Å². The molecule has 0 aromatic carbocycles. The molecule has 0 bridgehead atoms. The molecule has 326 valence electrons. The summed E-state index contributed by atoms with van der Waals surface area (Å²) in [6.45, 7) is 26.3. The highest BCUT2D eigenvalue weighted by atomic mass is 16.5. The zero-order chi connectivity index (χ0) is 42.1. The molecule has 2 N–H and O–H groups in total. The number of ether oxygens (including phenoxy) is 1. The van der Waals surface area contributed by atoms with Crippen molar-refractivity contribution in [3.63, 3.8) is 0 Å². The number of amides is 2. The van der Waals surface area contributed by atoms with E-state index >= 15 is 4.79 Å². The molecule has 8 heteroatoms. The predicted molar refractivity (Wildman–Crippen MR) is 226 cm³/mol. The highest BCUT2D eigenvalue weighted by molar-refractivity contribution is 5.86. The molecule has 58 heavy (non-hydrogen) atoms. The lowest BCUT2D eigenvalue weighted by Crippen LogP contribution is -2.68. The fraction of sp³-hybridized carbons (Fsp3) is 0.920. The minimum Gasteiger partial charge on any atom is -0.481 e. The SMILES string of the molecule is CC(C)(CC(=O)O)CC(=O)C[C@H]1CC[C@]2(C)[C@H]3CC[C@@H]4C5[C@H](C6(C)CC6)CC[C@]5(C(=O)NC5CC(C(=O)N6CCOCC6)C5(C)C)CC[C@@]4(C)[C@]3(C)CC[C@H]2C1(C)C. The van der Waals surface area contributed by atoms with Gasteiger partial charge in [0.25, 0.3) is 0 Å². The van der Waals surface area contributed by atoms with E-state index in [2.05, 4.69) is 60.7 Å². The maximum absolute atomic E-state index is 15.2. The van der Waals surface area contributed by atoms with Gasteiger partial charge in [-0.1, -0.05) is 69.2 Å². The van der Waals surface area contributed by atoms with Gasteiger partial charge in [-0.25, -0.2) is 0 Å². The Morgan fingerprint density at radius 3 is 2.05 bits per heavy atom. The molecule has 3 unspecified atom stereocenters. The number of hydrogen-bond acceptors (Lipinski definition) is 5. The monoisotopic (exact) mass is 805 g/mol. The van der Waals surface area contributed by atoms with Crippen LogP contribution in [0.3, 0.4) is 0 Å². The number of nitrogens with one attached hydrogen (secondary N) is 1. The maximum atomic E-state index is 15.2. The smallest absolute Gasteiger partial charge is 0.303 e. The summed E-state index contributed by atoms with van der Waals surface area (Å²) in [6, 6.07) is 0.0300. The summed E-state index contributed by atoms with van der Waals surface area (Å²) in [5.74, 6) is 2.97. The predicted octanol–water partition coefficient (Wildman–Crippen LogP) is 9.72. The maximum Gasteiger partial charge on any atom is 0.303 e. The van der Waals surface area contributed by atoms with Crippen molar-refractivity contribution in [2.24, 2.45) is 84.7 Å². The van der Waals surface area contributed by atoms with E-state index < -0.39 is 11.4 Å². The quantitative estimate of drug-likeness (QED) is 0.228. The summed E-state index contributed by atoms with van der Waals surface area (Å²) in [5.41, 5.74) is -0.124. The molecule has 2 amide bonds. The van der Waals surface area contributed by atoms with Gasteiger partial charge in [0, 0.05) is 37.9 Å². The third kappa shape index (κ3) is 6.41. The van der Waals surface area contributed by atoms with Gasteiger partial charge < -0.3 is 20.1 Å². The van der Waals surface area contributed by atoms with Crippen LogP contribution in [0.2, 0.25) is 0 Å². The number of Topliss-reactive ketones (excluding diaryl/α,β-unsaturated/α-hetero) is 1. The van der Waals surface area contributed by atoms with Gasteiger partial charge in [-0.2, -0.15) is 0 Å². The summed E-state index contributed by atoms with van der Waals surface area (Å²) >= 11 is 0. The Hall–Kier alpha value is -1.96. The first-order chi connectivity index (χ1) is 27.0. The summed E-state index contributed by atoms with van der Waals surface area (Å²) in [7, 11) is 0. The van der Waals surface area contributed by atoms with E-state index in [4.69, 9.17) is 4.74 Å². The van der Waals surface area contributed by atoms with Gasteiger partial charge in [-0.15, -0.1) is 0 Å². The van der Waals surface area contributed by atoms with E-state index in [1.54, 1.807) is 0 Å². The molecule has 0 spiro atoms. The normalized spacial score (nSPS) is 44.7. The topological polar surface area (TPSA) is 113 Å². The van der Waals surface area contributed by atoms with Gasteiger partial charge >= 0.3 is 5.97 Å². The van der Waals surface area contributed by atoms with Gasteiger partial charge in [-0.05, 0) is 157 Å². The van der Waals surface area contributed by atoms with Crippen molar-refractivity contribution in [2.45, 2.75) is 178 Å². The first-order valence-corrected chi connectivity index (χ1v) is 23.9. The van der Waals surface area contributed by atoms with Crippen LogP contribution in [0.5, 0.6) is 0 Å². The van der Waals surface area contributed by atoms with Crippen LogP contribution in [-0.2, 0) is 23.9 Å². The van der Waals surface area contributed by atoms with Crippen LogP contribution in [0.4, 0.5) is 0 Å². The number of morpholine rings is 1. The van der Waals surface area contributed by atoms with E-state index in [-0.39, 0.29) is 62.6 Å². The number of carboxylic acid groups (broad SMARTS) is 1. The van der Waals surface area contributed by atoms with E-state index in [1.807, 2.05) is 18.7 Å². The number of ketones is 1. The lowest BCUT2D eigenvalue weighted by molar-refractivity contribution is -0.244. The highest BCUT2D eigenvalue weighted by Gasteiger charge is 2.73. The largest absolute Gasteiger partial charge is 0.481 e. The molecule has 0 aromatic heterocycles. The van der Waals surface area contributed by atoms with Crippen molar-refractivity contribution in [3.8, 4) is 0 Å². The van der Waals surface area contributed by atoms with E-state index in [1.165, 1.54) is 51.4 Å². The van der Waals surface area contributed by atoms with E-state index in [0.29, 0.717) is 86.0 Å². The van der Waals surface area contributed by atoms with Crippen molar-refractivity contribution in [1.29, 1.82) is 0 Å². The first-order valence-electron chi connectivity index (χ1n) is 23.9. The molecule has 7 aliphatic carbocycles. The fourth-order valence-corrected chi connectivity index (χ4v) is 17.0. The third-order valence-electron chi connectivity index (χ3n) is 21.0. The second kappa shape index (κ2) is 14.0. The van der Waals surface area contributed by atoms with Gasteiger partial charge in [0.15, 0.2) is 0 Å². The van der Waals surface area contributed by atoms with E-state index in [0.717, 1.165) is 32.1 Å². The van der Waals surface area contributed by atoms with Crippen molar-refractivity contribution in [3.05, 3.63) is 0 Å². The average Bonchev–Trinajstić information content (AvgIpc) is 3.75. The molecule has 1 saturated heterocycles. The van der Waals surface area contributed by atoms with Crippen LogP contribution in [0.15, 0.2) is 0 Å². The second-order valence-electron chi connectivity index (χ2n) is 24.9. The molecule has 8 fully saturated rings. The molecule has 8 aliphatic rings. The number of rotatable bonds is 10. The van der Waals surface area contributed by atoms with Crippen LogP contribution < -0.4 is 5.32 Å². The number of aliphatic carboxylic acids is 1. The van der Waals surface area contributed by atoms with Gasteiger partial charge in [0.2, 0.25) is 11.8 Å². The second-order valence-corrected chi connectivity index (χ2v) is 24.9. The lowest BCUT2D eigenvalue weighted by atomic mass is 9.31. The Kier molecular flexibility index (Phi) is 10.3. The van der Waals surface area contributed by atoms with Gasteiger partial charge in [-0.3, -0.25) is 19.2 Å². The Labute approximate surface area is 350 Å². The lowest BCUT2D eigenvalue weighted by Gasteiger charge is -2.73. The van der Waals surface area contributed by atoms with Crippen molar-refractivity contribution >= 4 is 23.6 Å². The molecule has 8 nitrogen and oxygen atoms in total. The Balaban J connectivity index is 1.01. The van der Waals surface area contributed by atoms with Crippen molar-refractivity contribution in [2.75, 3.05) is 26.3 Å². The van der Waals surface area contributed by atoms with Crippen LogP contribution in [0.1, 0.15) is 172 Å². The number of carbonyl (C=O) groups is 4. The molecule has 7 saturated carbocycles. The standard InChI is InChI=1S/C50H80N2O6/c1-43(2,30-39(54)55)29-32(53)27-31-13-16-47(8)36(44(31,3)4)15-17-49(10)37(47)12-11-34-40-33(46(7)19-20-46)14-18-50(40,22-21-48(34,49)9)42(57)51-38-28-35(45(38,5)6)41(56)52-23-25-58-26-24-52/h31,33-38,40H,11-30H2,1-10H3,(H,51,57)(H,54,55)/t31-,33-,34-,35?,36+,37-,38?,40?,47+,48-,49-,50+/m1/s1. The number of nitrogens with zero attached hydrogens (tertiary/aromatic N) is 1. The van der Waals surface area contributed by atoms with Crippen LogP contribution in [0, 0.1) is 84.7 Å². The van der Waals surface area contributed by atoms with Crippen molar-refractivity contribution < 1.29 is 29.0 Å². The summed E-state index contributed by atoms with van der Waals surface area (Å²) in [6.07, 6.45) is 15.7. The summed E-state index contributed by atoms with van der Waals surface area (Å²) in [4.78, 5) is 55.8. The molecule has 8 rings (SSSR count). The molecule has 12 atom stereocenters. The summed E-state index contributed by atoms with van der Waals surface area (Å²) in [5, 5.41) is 13.1. The number of carbonyl (C=O) groups excluding carboxylic acids is 3. The Morgan fingerprint density at radius 2 is 1.41 bits per heavy atom. The summed E-state index contributed by atoms with van der Waals surface area (Å²) < 4.78 is 5.53. The zero-order valence-corrected chi connectivity index (χ0v) is 38.2. The number of fused-ring (bicyclic) bond motifs is 7. The minimum absolute atomic E-state index is 0.0250. The fourth-order valence-electron chi connectivity index (χ4n) is 17.0. The number of hydrogen-bond donors (Lipinski definition) is 2. The molecule has 0 radical (unpaired) electrons. The van der Waals surface area contributed by atoms with Crippen molar-refractivity contribution in [1.82, 2.24) is 10.2 Å². The molecular formula is C50H80N2O6. The Bertz CT molecular complexity index is 1670. The molecular weight excluding hydrogens is 725 g/mol. The minimum atomic E-state index is -0.831. The highest BCUT2D eigenvalue weighted by Crippen LogP contribution is 2.79. The first kappa shape index (κ1) is 42.7. The van der Waals surface area contributed by atoms with Crippen LogP contribution in [0.25, 0.3) is 0 Å². The molecule has 0 aromatic rings. The third-order valence-corrected chi connectivity index (χ3v) is 21.0. The Morgan fingerprint density at radius 1 is 0.724 bits per heavy atom.